The molecule has 49 heteroatoms. The molecule has 51 N–H and O–H groups in total. The molecule has 0 aromatic rings. The molecule has 2 heterocycles. The average molecular weight is 1670 g/mol. The van der Waals surface area contributed by atoms with E-state index < -0.39 is 144 Å². The number of carbonyl (C=O) groups excluding carboxylic acids is 1. The maximum Gasteiger partial charge on any atom is 0.321 e. The fourth-order valence-electron chi connectivity index (χ4n) is 6.36. The van der Waals surface area contributed by atoms with Crippen molar-refractivity contribution in [3.63, 3.8) is 0 Å². The van der Waals surface area contributed by atoms with E-state index in [1.54, 1.807) is 0 Å². The Morgan fingerprint density at radius 1 is 0.398 bits per heavy atom. The number of hydrogen-bond donors (Lipinski definition) is 35. The number of nitrogens with two attached hydrogens (primary N) is 17. The summed E-state index contributed by atoms with van der Waals surface area (Å²) in [7, 11) is 0. The van der Waals surface area contributed by atoms with Crippen molar-refractivity contribution in [1.82, 2.24) is 16.0 Å². The minimum atomic E-state index is -1.21. The number of carbonyl (C=O) groups is 14. The van der Waals surface area contributed by atoms with E-state index in [1.165, 1.54) is 6.92 Å². The zero-order valence-electron chi connectivity index (χ0n) is 65.6. The molecule has 0 aliphatic carbocycles. The van der Waals surface area contributed by atoms with Gasteiger partial charge < -0.3 is 180 Å². The summed E-state index contributed by atoms with van der Waals surface area (Å²) in [4.78, 5) is 140. The lowest BCUT2D eigenvalue weighted by molar-refractivity contribution is -0.140. The molecule has 2 fully saturated rings. The third-order valence-corrected chi connectivity index (χ3v) is 14.5. The number of guanidine groups is 1. The van der Waals surface area contributed by atoms with E-state index in [-0.39, 0.29) is 48.6 Å². The minimum Gasteiger partial charge on any atom is -0.480 e. The van der Waals surface area contributed by atoms with Gasteiger partial charge in [-0.1, -0.05) is 66.2 Å². The molecule has 0 unspecified atom stereocenters. The standard InChI is InChI=1S/C6H14N4O2.4C6H14N2O2.2C6H13NO2.2C5H9NO2.C4H8N2O3.C3H7NO2S.C3H7NO2.C2H5NO2/c7-4(5(11)12)2-1-3-10-6(8)9;4*7-4-2-1-3-5(8)6(9)10;2*1-3-4(2)5(7)6(8)9;2*7-5(8)4-2-1-3-6-4;5-2(4(8)9)1-3(6)7;4-2(1-7)3(5)6;1-2(4)3(5)6;3-1-2(4)5/h4H,1-3,7H2,(H,11,12)(H4,8,9,10);4*5H,1-4,7-8H2,(H,9,10);2*4-5H,3,7H2,1-2H3,(H,8,9);2*4,6H,1-3H2,(H,7,8);2H,1,5H2,(H2,6,7)(H,8,9);2,7H,1,4H2,(H,5,6);2H,4H2,1H3,(H,5,6);1,3H2,(H,4,5)/t4-;4*5-;2*4-,5-;2*4-;3*2-;/m000000000000./s1. The number of hydrogen-bond acceptors (Lipinski definition) is 33. The maximum absolute atomic E-state index is 10.2. The molecule has 670 valence electrons. The Hall–Kier alpha value is -8.48. The second-order valence-electron chi connectivity index (χ2n) is 24.3. The largest absolute Gasteiger partial charge is 0.480 e. The topological polar surface area (TPSA) is 1000 Å². The number of rotatable bonds is 40. The molecule has 14 atom stereocenters. The highest BCUT2D eigenvalue weighted by Crippen LogP contribution is 2.07. The van der Waals surface area contributed by atoms with E-state index in [1.807, 2.05) is 27.7 Å². The summed E-state index contributed by atoms with van der Waals surface area (Å²) in [6, 6.07) is -8.33. The van der Waals surface area contributed by atoms with Crippen LogP contribution in [0.2, 0.25) is 0 Å². The molecule has 0 aromatic heterocycles. The molecular weight excluding hydrogens is 1530 g/mol. The van der Waals surface area contributed by atoms with Crippen LogP contribution in [-0.4, -0.2) is 286 Å². The Labute approximate surface area is 664 Å². The van der Waals surface area contributed by atoms with Gasteiger partial charge in [0.2, 0.25) is 5.91 Å². The van der Waals surface area contributed by atoms with Crippen LogP contribution in [0.15, 0.2) is 0 Å². The molecule has 2 aliphatic heterocycles. The van der Waals surface area contributed by atoms with E-state index in [4.69, 9.17) is 158 Å². The van der Waals surface area contributed by atoms with Gasteiger partial charge in [0.1, 0.15) is 72.5 Å². The van der Waals surface area contributed by atoms with Crippen molar-refractivity contribution in [3.05, 3.63) is 0 Å². The molecule has 0 spiro atoms. The lowest BCUT2D eigenvalue weighted by atomic mass is 10.0. The molecule has 2 rings (SSSR count). The number of primary amides is 1. The van der Waals surface area contributed by atoms with Crippen molar-refractivity contribution in [3.8, 4) is 0 Å². The van der Waals surface area contributed by atoms with Crippen molar-refractivity contribution < 1.29 is 134 Å². The number of carboxylic acid groups (broad SMARTS) is 13. The molecule has 0 aromatic carbocycles. The molecular formula is C64H141N21O27S. The van der Waals surface area contributed by atoms with Crippen molar-refractivity contribution in [1.29, 1.82) is 5.41 Å². The van der Waals surface area contributed by atoms with Crippen molar-refractivity contribution in [2.45, 2.75) is 242 Å². The molecule has 2 saturated heterocycles. The molecule has 113 heavy (non-hydrogen) atoms. The van der Waals surface area contributed by atoms with Crippen molar-refractivity contribution in [2.24, 2.45) is 109 Å². The van der Waals surface area contributed by atoms with Gasteiger partial charge in [-0.3, -0.25) is 72.5 Å². The van der Waals surface area contributed by atoms with Gasteiger partial charge >= 0.3 is 77.6 Å². The summed E-state index contributed by atoms with van der Waals surface area (Å²) in [5.41, 5.74) is 86.3. The third-order valence-electron chi connectivity index (χ3n) is 14.1. The Bertz CT molecular complexity index is 2370. The fraction of sp³-hybridized carbons (Fsp3) is 0.766. The van der Waals surface area contributed by atoms with Gasteiger partial charge in [-0.25, -0.2) is 0 Å². The van der Waals surface area contributed by atoms with Gasteiger partial charge in [0.15, 0.2) is 5.96 Å². The summed E-state index contributed by atoms with van der Waals surface area (Å²) in [6.07, 6.45) is 14.5. The second kappa shape index (κ2) is 87.5. The highest BCUT2D eigenvalue weighted by atomic mass is 32.1. The fourth-order valence-corrected chi connectivity index (χ4v) is 6.52. The number of aliphatic carboxylic acids is 13. The summed E-state index contributed by atoms with van der Waals surface area (Å²) < 4.78 is 0. The van der Waals surface area contributed by atoms with Gasteiger partial charge in [-0.15, -0.1) is 0 Å². The Morgan fingerprint density at radius 3 is 0.743 bits per heavy atom. The first-order valence-corrected chi connectivity index (χ1v) is 36.3. The first-order chi connectivity index (χ1) is 52.2. The van der Waals surface area contributed by atoms with Crippen LogP contribution in [0.3, 0.4) is 0 Å². The van der Waals surface area contributed by atoms with Gasteiger partial charge in [0, 0.05) is 12.3 Å². The molecule has 0 radical (unpaired) electrons. The Kier molecular flexibility index (Phi) is 99.2. The van der Waals surface area contributed by atoms with Crippen LogP contribution in [0.5, 0.6) is 0 Å². The zero-order valence-corrected chi connectivity index (χ0v) is 66.5. The zero-order chi connectivity index (χ0) is 91.1. The predicted octanol–water partition coefficient (Wildman–Crippen LogP) is -6.64. The summed E-state index contributed by atoms with van der Waals surface area (Å²) >= 11 is 3.65. The minimum absolute atomic E-state index is 0.0718. The first-order valence-electron chi connectivity index (χ1n) is 35.6. The van der Waals surface area contributed by atoms with Gasteiger partial charge in [-0.05, 0) is 148 Å². The van der Waals surface area contributed by atoms with Gasteiger partial charge in [-0.2, -0.15) is 12.6 Å². The molecule has 1 amide bonds. The number of amides is 1. The molecule has 2 aliphatic rings. The highest BCUT2D eigenvalue weighted by Gasteiger charge is 2.22. The van der Waals surface area contributed by atoms with E-state index in [9.17, 15) is 67.1 Å². The monoisotopic (exact) mass is 1670 g/mol. The normalized spacial score (nSPS) is 15.4. The van der Waals surface area contributed by atoms with E-state index in [0.29, 0.717) is 71.2 Å². The van der Waals surface area contributed by atoms with Crippen LogP contribution < -0.4 is 113 Å². The van der Waals surface area contributed by atoms with Crippen LogP contribution in [-0.2, 0) is 67.1 Å². The lowest BCUT2D eigenvalue weighted by Crippen LogP contribution is -2.36. The summed E-state index contributed by atoms with van der Waals surface area (Å²) in [5.74, 6) is -12.6. The Morgan fingerprint density at radius 2 is 0.637 bits per heavy atom. The molecule has 0 bridgehead atoms. The second-order valence-corrected chi connectivity index (χ2v) is 24.7. The highest BCUT2D eigenvalue weighted by molar-refractivity contribution is 7.80. The number of nitrogens with one attached hydrogen (secondary N) is 4. The van der Waals surface area contributed by atoms with Crippen LogP contribution in [0.1, 0.15) is 169 Å². The van der Waals surface area contributed by atoms with Crippen LogP contribution in [0, 0.1) is 17.2 Å². The Balaban J connectivity index is -0.000000111. The van der Waals surface area contributed by atoms with E-state index >= 15 is 0 Å². The quantitative estimate of drug-likeness (QED) is 0.0117. The molecule has 48 nitrogen and oxygen atoms in total. The van der Waals surface area contributed by atoms with Gasteiger partial charge in [0.05, 0.1) is 13.0 Å². The summed E-state index contributed by atoms with van der Waals surface area (Å²) in [5, 5.41) is 122. The number of carboxylic acids is 13. The number of unbranched alkanes of at least 4 members (excludes halogenated alkanes) is 4. The number of thiol groups is 1. The van der Waals surface area contributed by atoms with Crippen LogP contribution in [0.25, 0.3) is 0 Å². The van der Waals surface area contributed by atoms with Crippen molar-refractivity contribution in [2.75, 3.05) is 58.1 Å². The lowest BCUT2D eigenvalue weighted by Gasteiger charge is -2.11. The van der Waals surface area contributed by atoms with Crippen LogP contribution in [0.4, 0.5) is 0 Å². The van der Waals surface area contributed by atoms with Gasteiger partial charge in [0.25, 0.3) is 0 Å². The van der Waals surface area contributed by atoms with Crippen molar-refractivity contribution >= 4 is 102 Å². The SMILES string of the molecule is CC[C@H](C)[C@H](N)C(=O)O.CC[C@H](C)[C@H](N)C(=O)O.C[C@H](N)C(=O)O.N=C(N)NCCC[C@H](N)C(=O)O.NC(=O)C[C@H](N)C(=O)O.NCC(=O)O.NCCCC[C@H](N)C(=O)O.NCCCC[C@H](N)C(=O)O.NCCCC[C@H](N)C(=O)O.NCCCC[C@H](N)C(=O)O.N[C@@H](CS)C(=O)O.O=C(O)[C@@H]1CCCN1.O=C(O)[C@@H]1CCCN1. The summed E-state index contributed by atoms with van der Waals surface area (Å²) in [6.45, 7) is 13.3. The average Bonchev–Trinajstić information content (AvgIpc) is 1.91. The van der Waals surface area contributed by atoms with E-state index in [2.05, 4.69) is 40.0 Å². The third kappa shape index (κ3) is 106. The predicted molar refractivity (Wildman–Crippen MR) is 423 cm³/mol. The maximum atomic E-state index is 10.2. The molecule has 0 saturated carbocycles. The smallest absolute Gasteiger partial charge is 0.321 e. The first kappa shape index (κ1) is 128. The van der Waals surface area contributed by atoms with Crippen LogP contribution >= 0.6 is 12.6 Å². The van der Waals surface area contributed by atoms with E-state index in [0.717, 1.165) is 103 Å².